The molecule has 1 saturated carbocycles. The Morgan fingerprint density at radius 2 is 2.11 bits per heavy atom. The Morgan fingerprint density at radius 3 is 2.82 bits per heavy atom. The van der Waals surface area contributed by atoms with Gasteiger partial charge in [0.1, 0.15) is 0 Å². The molecule has 0 aromatic carbocycles. The first kappa shape index (κ1) is 18.3. The molecule has 9 nitrogen and oxygen atoms in total. The van der Waals surface area contributed by atoms with Gasteiger partial charge in [-0.1, -0.05) is 12.8 Å². The number of rotatable bonds is 4. The van der Waals surface area contributed by atoms with Crippen LogP contribution in [0.2, 0.25) is 0 Å². The van der Waals surface area contributed by atoms with Crippen LogP contribution in [0.1, 0.15) is 54.1 Å². The molecule has 0 bridgehead atoms. The second kappa shape index (κ2) is 7.13. The molecule has 4 rings (SSSR count). The van der Waals surface area contributed by atoms with Crippen molar-refractivity contribution >= 4 is 12.0 Å². The van der Waals surface area contributed by atoms with Crippen LogP contribution in [0.3, 0.4) is 0 Å². The summed E-state index contributed by atoms with van der Waals surface area (Å²) < 4.78 is 30.2. The molecule has 0 saturated heterocycles. The Bertz CT molecular complexity index is 919. The fraction of sp³-hybridized carbons (Fsp3) is 0.471. The van der Waals surface area contributed by atoms with Gasteiger partial charge in [0.2, 0.25) is 5.89 Å². The van der Waals surface area contributed by atoms with Crippen molar-refractivity contribution in [1.82, 2.24) is 25.4 Å². The molecule has 11 heteroatoms. The van der Waals surface area contributed by atoms with Crippen LogP contribution in [0, 0.1) is 0 Å². The Morgan fingerprint density at radius 1 is 1.32 bits per heavy atom. The summed E-state index contributed by atoms with van der Waals surface area (Å²) in [7, 11) is 0. The molecule has 1 fully saturated rings. The van der Waals surface area contributed by atoms with Gasteiger partial charge in [0.15, 0.2) is 0 Å². The van der Waals surface area contributed by atoms with Gasteiger partial charge in [-0.05, 0) is 18.9 Å². The SMILES string of the molecule is O=C(O)N[C@@H]1CCCC[C@H]1N1Cc2ncc(-c3nnc(C(F)F)o3)cc2C1=O. The monoisotopic (exact) mass is 393 g/mol. The third kappa shape index (κ3) is 3.27. The number of aromatic nitrogens is 3. The summed E-state index contributed by atoms with van der Waals surface area (Å²) >= 11 is 0. The van der Waals surface area contributed by atoms with Crippen LogP contribution in [-0.4, -0.2) is 49.3 Å². The fourth-order valence-electron chi connectivity index (χ4n) is 3.83. The molecular formula is C17H17F2N5O4. The first-order valence-electron chi connectivity index (χ1n) is 8.85. The standard InChI is InChI=1S/C17H17F2N5O4/c18-13(19)15-23-22-14(28-15)8-5-9-11(20-6-8)7-24(16(9)25)12-4-2-1-3-10(12)21-17(26)27/h5-6,10,12-13,21H,1-4,7H2,(H,26,27)/t10-,12-/m1/s1. The molecule has 0 radical (unpaired) electrons. The molecule has 2 aliphatic rings. The first-order chi connectivity index (χ1) is 13.4. The van der Waals surface area contributed by atoms with Crippen molar-refractivity contribution in [1.29, 1.82) is 0 Å². The third-order valence-corrected chi connectivity index (χ3v) is 5.09. The van der Waals surface area contributed by atoms with E-state index in [1.165, 1.54) is 12.3 Å². The minimum absolute atomic E-state index is 0.139. The molecule has 3 heterocycles. The average Bonchev–Trinajstić information content (AvgIpc) is 3.27. The quantitative estimate of drug-likeness (QED) is 0.819. The van der Waals surface area contributed by atoms with Crippen LogP contribution in [0.4, 0.5) is 13.6 Å². The fourth-order valence-corrected chi connectivity index (χ4v) is 3.83. The highest BCUT2D eigenvalue weighted by atomic mass is 19.3. The van der Waals surface area contributed by atoms with Crippen LogP contribution in [-0.2, 0) is 6.54 Å². The van der Waals surface area contributed by atoms with Gasteiger partial charge in [0, 0.05) is 6.20 Å². The number of hydrogen-bond donors (Lipinski definition) is 2. The second-order valence-electron chi connectivity index (χ2n) is 6.81. The second-order valence-corrected chi connectivity index (χ2v) is 6.81. The zero-order valence-corrected chi connectivity index (χ0v) is 14.6. The molecule has 2 N–H and O–H groups in total. The van der Waals surface area contributed by atoms with E-state index < -0.39 is 18.4 Å². The van der Waals surface area contributed by atoms with E-state index in [1.54, 1.807) is 4.90 Å². The van der Waals surface area contributed by atoms with Gasteiger partial charge in [-0.25, -0.2) is 4.79 Å². The Hall–Kier alpha value is -3.11. The molecule has 2 atom stereocenters. The number of hydrogen-bond acceptors (Lipinski definition) is 6. The van der Waals surface area contributed by atoms with Crippen molar-refractivity contribution in [2.45, 2.75) is 50.7 Å². The van der Waals surface area contributed by atoms with Crippen molar-refractivity contribution in [3.8, 4) is 11.5 Å². The van der Waals surface area contributed by atoms with E-state index in [-0.39, 0.29) is 36.0 Å². The number of amides is 2. The number of nitrogens with zero attached hydrogens (tertiary/aromatic N) is 4. The van der Waals surface area contributed by atoms with E-state index in [0.29, 0.717) is 24.1 Å². The number of nitrogens with one attached hydrogen (secondary N) is 1. The highest BCUT2D eigenvalue weighted by Gasteiger charge is 2.39. The van der Waals surface area contributed by atoms with Crippen LogP contribution >= 0.6 is 0 Å². The number of carbonyl (C=O) groups is 2. The lowest BCUT2D eigenvalue weighted by Crippen LogP contribution is -2.53. The molecule has 1 aliphatic carbocycles. The summed E-state index contributed by atoms with van der Waals surface area (Å²) in [4.78, 5) is 29.9. The Balaban J connectivity index is 1.58. The number of alkyl halides is 2. The van der Waals surface area contributed by atoms with Crippen molar-refractivity contribution < 1.29 is 27.9 Å². The lowest BCUT2D eigenvalue weighted by atomic mass is 9.89. The van der Waals surface area contributed by atoms with E-state index in [0.717, 1.165) is 12.8 Å². The maximum absolute atomic E-state index is 12.9. The lowest BCUT2D eigenvalue weighted by Gasteiger charge is -2.37. The topological polar surface area (TPSA) is 121 Å². The predicted octanol–water partition coefficient (Wildman–Crippen LogP) is 2.60. The molecule has 28 heavy (non-hydrogen) atoms. The van der Waals surface area contributed by atoms with Gasteiger partial charge in [-0.15, -0.1) is 10.2 Å². The highest BCUT2D eigenvalue weighted by Crippen LogP contribution is 2.32. The largest absolute Gasteiger partial charge is 0.465 e. The number of halogens is 2. The van der Waals surface area contributed by atoms with Crippen LogP contribution in [0.25, 0.3) is 11.5 Å². The van der Waals surface area contributed by atoms with E-state index in [4.69, 9.17) is 9.52 Å². The molecule has 1 aliphatic heterocycles. The normalized spacial score (nSPS) is 21.8. The molecule has 2 amide bonds. The van der Waals surface area contributed by atoms with Crippen LogP contribution in [0.5, 0.6) is 0 Å². The first-order valence-corrected chi connectivity index (χ1v) is 8.85. The summed E-state index contributed by atoms with van der Waals surface area (Å²) in [6.07, 6.45) is 0.542. The van der Waals surface area contributed by atoms with Crippen LogP contribution in [0.15, 0.2) is 16.7 Å². The summed E-state index contributed by atoms with van der Waals surface area (Å²) in [5.41, 5.74) is 1.15. The maximum Gasteiger partial charge on any atom is 0.404 e. The van der Waals surface area contributed by atoms with Gasteiger partial charge in [0.25, 0.3) is 11.8 Å². The number of pyridine rings is 1. The predicted molar refractivity (Wildman–Crippen MR) is 89.6 cm³/mol. The zero-order chi connectivity index (χ0) is 19.8. The van der Waals surface area contributed by atoms with Gasteiger partial charge in [0.05, 0.1) is 35.4 Å². The molecule has 2 aromatic rings. The van der Waals surface area contributed by atoms with Crippen LogP contribution < -0.4 is 5.32 Å². The molecule has 2 aromatic heterocycles. The number of carboxylic acid groups (broad SMARTS) is 1. The lowest BCUT2D eigenvalue weighted by molar-refractivity contribution is 0.0600. The van der Waals surface area contributed by atoms with Crippen molar-refractivity contribution in [3.63, 3.8) is 0 Å². The smallest absolute Gasteiger partial charge is 0.404 e. The molecule has 0 spiro atoms. The van der Waals surface area contributed by atoms with Gasteiger partial charge in [-0.3, -0.25) is 9.78 Å². The summed E-state index contributed by atoms with van der Waals surface area (Å²) in [5.74, 6) is -1.21. The summed E-state index contributed by atoms with van der Waals surface area (Å²) in [6, 6.07) is 0.896. The van der Waals surface area contributed by atoms with E-state index in [9.17, 15) is 18.4 Å². The van der Waals surface area contributed by atoms with Crippen molar-refractivity contribution in [3.05, 3.63) is 29.4 Å². The van der Waals surface area contributed by atoms with Gasteiger partial charge < -0.3 is 19.7 Å². The highest BCUT2D eigenvalue weighted by molar-refractivity contribution is 5.99. The summed E-state index contributed by atoms with van der Waals surface area (Å²) in [6.45, 7) is 0.267. The van der Waals surface area contributed by atoms with E-state index >= 15 is 0 Å². The van der Waals surface area contributed by atoms with Gasteiger partial charge >= 0.3 is 12.5 Å². The Labute approximate surface area is 157 Å². The summed E-state index contributed by atoms with van der Waals surface area (Å²) in [5, 5.41) is 18.4. The number of fused-ring (bicyclic) bond motifs is 1. The molecular weight excluding hydrogens is 376 g/mol. The minimum Gasteiger partial charge on any atom is -0.465 e. The molecule has 148 valence electrons. The maximum atomic E-state index is 12.9. The third-order valence-electron chi connectivity index (χ3n) is 5.09. The minimum atomic E-state index is -2.88. The van der Waals surface area contributed by atoms with E-state index in [2.05, 4.69) is 20.5 Å². The molecule has 0 unspecified atom stereocenters. The Kier molecular flexibility index (Phi) is 4.65. The van der Waals surface area contributed by atoms with Gasteiger partial charge in [-0.2, -0.15) is 8.78 Å². The van der Waals surface area contributed by atoms with E-state index in [1.807, 2.05) is 0 Å². The average molecular weight is 393 g/mol. The van der Waals surface area contributed by atoms with Crippen molar-refractivity contribution in [2.75, 3.05) is 0 Å². The number of carbonyl (C=O) groups excluding carboxylic acids is 1. The van der Waals surface area contributed by atoms with Crippen molar-refractivity contribution in [2.24, 2.45) is 0 Å². The zero-order valence-electron chi connectivity index (χ0n) is 14.6.